The van der Waals surface area contributed by atoms with E-state index in [-0.39, 0.29) is 25.0 Å². The molecule has 2 aromatic rings. The molecule has 0 spiro atoms. The Bertz CT molecular complexity index is 998. The fraction of sp³-hybridized carbons (Fsp3) is 0.450. The number of nitrogens with zero attached hydrogens (tertiary/aromatic N) is 3. The lowest BCUT2D eigenvalue weighted by atomic mass is 10.2. The van der Waals surface area contributed by atoms with Crippen molar-refractivity contribution in [3.63, 3.8) is 0 Å². The second-order valence-electron chi connectivity index (χ2n) is 8.23. The maximum absolute atomic E-state index is 12.5. The molecule has 10 nitrogen and oxygen atoms in total. The summed E-state index contributed by atoms with van der Waals surface area (Å²) in [6.07, 6.45) is -0.628. The van der Waals surface area contributed by atoms with E-state index in [1.807, 2.05) is 13.8 Å². The summed E-state index contributed by atoms with van der Waals surface area (Å²) in [4.78, 5) is 38.3. The first-order chi connectivity index (χ1) is 14.5. The topological polar surface area (TPSA) is 123 Å². The number of ether oxygens (including phenoxy) is 2. The maximum Gasteiger partial charge on any atom is 0.412 e. The van der Waals surface area contributed by atoms with E-state index in [1.165, 1.54) is 16.2 Å². The molecule has 3 rings (SSSR count). The molecule has 1 aliphatic heterocycles. The van der Waals surface area contributed by atoms with Crippen LogP contribution in [0.2, 0.25) is 0 Å². The number of nitrogens with one attached hydrogen (secondary N) is 2. The standard InChI is InChI=1S/C20H25N5O5S/c1-11(2)17-23-24-18(31-17)22-15(26)9-25-13-8-12(21-19(28)30-20(3,4)5)6-7-14(13)29-10-16(25)27/h6-8,11H,9-10H2,1-5H3,(H,21,28)(H,22,24,26). The van der Waals surface area contributed by atoms with Gasteiger partial charge in [-0.1, -0.05) is 25.2 Å². The third-order valence-electron chi connectivity index (χ3n) is 4.03. The van der Waals surface area contributed by atoms with Crippen LogP contribution in [0.4, 0.5) is 21.3 Å². The van der Waals surface area contributed by atoms with Crippen molar-refractivity contribution in [3.8, 4) is 5.75 Å². The van der Waals surface area contributed by atoms with Crippen molar-refractivity contribution in [3.05, 3.63) is 23.2 Å². The molecule has 166 valence electrons. The van der Waals surface area contributed by atoms with Crippen LogP contribution in [0.1, 0.15) is 45.5 Å². The van der Waals surface area contributed by atoms with Crippen LogP contribution in [-0.4, -0.2) is 46.9 Å². The van der Waals surface area contributed by atoms with Gasteiger partial charge in [-0.05, 0) is 39.0 Å². The summed E-state index contributed by atoms with van der Waals surface area (Å²) >= 11 is 1.29. The van der Waals surface area contributed by atoms with Crippen LogP contribution in [0.3, 0.4) is 0 Å². The Morgan fingerprint density at radius 1 is 1.26 bits per heavy atom. The minimum absolute atomic E-state index is 0.185. The van der Waals surface area contributed by atoms with E-state index in [4.69, 9.17) is 9.47 Å². The van der Waals surface area contributed by atoms with Crippen LogP contribution in [0, 0.1) is 0 Å². The summed E-state index contributed by atoms with van der Waals surface area (Å²) in [5, 5.41) is 14.5. The second kappa shape index (κ2) is 8.88. The Labute approximate surface area is 183 Å². The van der Waals surface area contributed by atoms with Gasteiger partial charge in [0.25, 0.3) is 5.91 Å². The van der Waals surface area contributed by atoms with Crippen LogP contribution in [0.5, 0.6) is 5.75 Å². The first-order valence-corrected chi connectivity index (χ1v) is 10.5. The average molecular weight is 448 g/mol. The van der Waals surface area contributed by atoms with Crippen molar-refractivity contribution in [2.24, 2.45) is 0 Å². The van der Waals surface area contributed by atoms with E-state index in [0.717, 1.165) is 5.01 Å². The summed E-state index contributed by atoms with van der Waals surface area (Å²) in [5.74, 6) is -0.165. The predicted octanol–water partition coefficient (Wildman–Crippen LogP) is 3.37. The number of hydrogen-bond acceptors (Lipinski definition) is 8. The van der Waals surface area contributed by atoms with Gasteiger partial charge in [-0.3, -0.25) is 25.1 Å². The van der Waals surface area contributed by atoms with Crippen LogP contribution < -0.4 is 20.3 Å². The molecule has 31 heavy (non-hydrogen) atoms. The van der Waals surface area contributed by atoms with Gasteiger partial charge in [0.1, 0.15) is 22.9 Å². The molecule has 0 atom stereocenters. The molecular formula is C20H25N5O5S. The molecule has 2 N–H and O–H groups in total. The Balaban J connectivity index is 1.73. The van der Waals surface area contributed by atoms with Crippen LogP contribution >= 0.6 is 11.3 Å². The molecule has 11 heteroatoms. The van der Waals surface area contributed by atoms with Crippen molar-refractivity contribution in [2.45, 2.75) is 46.1 Å². The lowest BCUT2D eigenvalue weighted by Gasteiger charge is -2.29. The largest absolute Gasteiger partial charge is 0.482 e. The number of aromatic nitrogens is 2. The molecule has 0 saturated heterocycles. The zero-order chi connectivity index (χ0) is 22.8. The highest BCUT2D eigenvalue weighted by Crippen LogP contribution is 2.34. The van der Waals surface area contributed by atoms with Gasteiger partial charge in [0.2, 0.25) is 11.0 Å². The van der Waals surface area contributed by atoms with E-state index in [2.05, 4.69) is 20.8 Å². The highest BCUT2D eigenvalue weighted by molar-refractivity contribution is 7.15. The first-order valence-electron chi connectivity index (χ1n) is 9.72. The lowest BCUT2D eigenvalue weighted by molar-refractivity contribution is -0.123. The normalized spacial score (nSPS) is 13.5. The van der Waals surface area contributed by atoms with E-state index < -0.39 is 17.6 Å². The Hall–Kier alpha value is -3.21. The van der Waals surface area contributed by atoms with Gasteiger partial charge in [-0.25, -0.2) is 4.79 Å². The molecule has 0 saturated carbocycles. The van der Waals surface area contributed by atoms with Crippen LogP contribution in [0.25, 0.3) is 0 Å². The summed E-state index contributed by atoms with van der Waals surface area (Å²) in [6, 6.07) is 4.82. The molecule has 1 aliphatic rings. The Morgan fingerprint density at radius 3 is 2.65 bits per heavy atom. The molecule has 0 radical (unpaired) electrons. The fourth-order valence-electron chi connectivity index (χ4n) is 2.70. The minimum Gasteiger partial charge on any atom is -0.482 e. The van der Waals surface area contributed by atoms with Crippen LogP contribution in [0.15, 0.2) is 18.2 Å². The number of fused-ring (bicyclic) bond motifs is 1. The molecule has 1 aromatic heterocycles. The molecular weight excluding hydrogens is 422 g/mol. The number of benzene rings is 1. The Morgan fingerprint density at radius 2 is 2.00 bits per heavy atom. The van der Waals surface area contributed by atoms with Gasteiger partial charge in [0, 0.05) is 11.6 Å². The molecule has 0 aliphatic carbocycles. The maximum atomic E-state index is 12.5. The highest BCUT2D eigenvalue weighted by atomic mass is 32.1. The van der Waals surface area contributed by atoms with Gasteiger partial charge >= 0.3 is 6.09 Å². The zero-order valence-corrected chi connectivity index (χ0v) is 18.8. The fourth-order valence-corrected chi connectivity index (χ4v) is 3.46. The third kappa shape index (κ3) is 5.91. The highest BCUT2D eigenvalue weighted by Gasteiger charge is 2.28. The van der Waals surface area contributed by atoms with Crippen molar-refractivity contribution in [2.75, 3.05) is 28.7 Å². The van der Waals surface area contributed by atoms with Gasteiger partial charge in [0.15, 0.2) is 6.61 Å². The van der Waals surface area contributed by atoms with Gasteiger partial charge in [-0.15, -0.1) is 10.2 Å². The van der Waals surface area contributed by atoms with Crippen molar-refractivity contribution >= 4 is 45.8 Å². The van der Waals surface area contributed by atoms with E-state index in [9.17, 15) is 14.4 Å². The first kappa shape index (κ1) is 22.5. The molecule has 3 amide bonds. The van der Waals surface area contributed by atoms with Crippen LogP contribution in [-0.2, 0) is 14.3 Å². The minimum atomic E-state index is -0.651. The van der Waals surface area contributed by atoms with Crippen molar-refractivity contribution in [1.82, 2.24) is 10.2 Å². The van der Waals surface area contributed by atoms with Crippen molar-refractivity contribution in [1.29, 1.82) is 0 Å². The quantitative estimate of drug-likeness (QED) is 0.720. The number of hydrogen-bond donors (Lipinski definition) is 2. The molecule has 2 heterocycles. The summed E-state index contributed by atoms with van der Waals surface area (Å²) in [7, 11) is 0. The summed E-state index contributed by atoms with van der Waals surface area (Å²) in [5.41, 5.74) is 0.129. The number of carbonyl (C=O) groups is 3. The number of anilines is 3. The van der Waals surface area contributed by atoms with E-state index in [1.54, 1.807) is 39.0 Å². The predicted molar refractivity (Wildman–Crippen MR) is 117 cm³/mol. The summed E-state index contributed by atoms with van der Waals surface area (Å²) in [6.45, 7) is 8.82. The zero-order valence-electron chi connectivity index (χ0n) is 18.0. The van der Waals surface area contributed by atoms with E-state index in [0.29, 0.717) is 22.3 Å². The smallest absolute Gasteiger partial charge is 0.412 e. The van der Waals surface area contributed by atoms with Gasteiger partial charge in [0.05, 0.1) is 5.69 Å². The average Bonchev–Trinajstić information content (AvgIpc) is 3.11. The Kier molecular flexibility index (Phi) is 6.44. The second-order valence-corrected chi connectivity index (χ2v) is 9.24. The van der Waals surface area contributed by atoms with Gasteiger partial charge in [-0.2, -0.15) is 0 Å². The van der Waals surface area contributed by atoms with E-state index >= 15 is 0 Å². The van der Waals surface area contributed by atoms with Gasteiger partial charge < -0.3 is 9.47 Å². The number of rotatable bonds is 5. The summed E-state index contributed by atoms with van der Waals surface area (Å²) < 4.78 is 10.7. The SMILES string of the molecule is CC(C)c1nnc(NC(=O)CN2C(=O)COc3ccc(NC(=O)OC(C)(C)C)cc32)s1. The lowest BCUT2D eigenvalue weighted by Crippen LogP contribution is -2.43. The molecule has 0 bridgehead atoms. The van der Waals surface area contributed by atoms with Crippen molar-refractivity contribution < 1.29 is 23.9 Å². The molecule has 0 fully saturated rings. The molecule has 1 aromatic carbocycles. The third-order valence-corrected chi connectivity index (χ3v) is 5.17. The number of carbonyl (C=O) groups excluding carboxylic acids is 3. The number of amides is 3. The monoisotopic (exact) mass is 447 g/mol. The molecule has 0 unspecified atom stereocenters.